The molecule has 16 heavy (non-hydrogen) atoms. The molecule has 0 aromatic heterocycles. The van der Waals surface area contributed by atoms with Crippen LogP contribution in [0.2, 0.25) is 5.02 Å². The van der Waals surface area contributed by atoms with Crippen molar-refractivity contribution in [3.63, 3.8) is 0 Å². The van der Waals surface area contributed by atoms with Crippen molar-refractivity contribution in [2.24, 2.45) is 5.73 Å². The van der Waals surface area contributed by atoms with Gasteiger partial charge in [0.2, 0.25) is 5.91 Å². The number of carbonyl (C=O) groups excluding carboxylic acids is 1. The van der Waals surface area contributed by atoms with Gasteiger partial charge in [0.05, 0.1) is 6.04 Å². The molecule has 0 bridgehead atoms. The van der Waals surface area contributed by atoms with Crippen LogP contribution in [0.5, 0.6) is 0 Å². The molecule has 3 nitrogen and oxygen atoms in total. The zero-order valence-corrected chi connectivity index (χ0v) is 11.1. The Labute approximate surface area is 107 Å². The van der Waals surface area contributed by atoms with Crippen molar-refractivity contribution in [3.8, 4) is 0 Å². The summed E-state index contributed by atoms with van der Waals surface area (Å²) in [5.74, 6) is -0.130. The predicted octanol–water partition coefficient (Wildman–Crippen LogP) is 2.38. The van der Waals surface area contributed by atoms with Gasteiger partial charge < -0.3 is 10.6 Å². The summed E-state index contributed by atoms with van der Waals surface area (Å²) in [5.41, 5.74) is 7.26. The quantitative estimate of drug-likeness (QED) is 0.890. The van der Waals surface area contributed by atoms with E-state index in [1.54, 1.807) is 20.0 Å². The smallest absolute Gasteiger partial charge is 0.243 e. The molecule has 0 aliphatic rings. The molecule has 5 heteroatoms. The van der Waals surface area contributed by atoms with E-state index in [0.29, 0.717) is 5.02 Å². The van der Waals surface area contributed by atoms with Crippen molar-refractivity contribution in [3.05, 3.63) is 28.8 Å². The van der Waals surface area contributed by atoms with Gasteiger partial charge in [-0.2, -0.15) is 0 Å². The second-order valence-electron chi connectivity index (χ2n) is 3.62. The van der Waals surface area contributed by atoms with Crippen LogP contribution >= 0.6 is 24.0 Å². The summed E-state index contributed by atoms with van der Waals surface area (Å²) in [7, 11) is 1.69. The van der Waals surface area contributed by atoms with Gasteiger partial charge in [0.25, 0.3) is 0 Å². The van der Waals surface area contributed by atoms with E-state index in [-0.39, 0.29) is 18.3 Å². The molecule has 1 aromatic rings. The van der Waals surface area contributed by atoms with Crippen molar-refractivity contribution < 1.29 is 4.79 Å². The Balaban J connectivity index is 0.00000225. The molecule has 0 aliphatic heterocycles. The number of anilines is 1. The zero-order chi connectivity index (χ0) is 11.6. The van der Waals surface area contributed by atoms with Crippen molar-refractivity contribution >= 4 is 35.6 Å². The fourth-order valence-electron chi connectivity index (χ4n) is 1.22. The summed E-state index contributed by atoms with van der Waals surface area (Å²) < 4.78 is 0. The molecule has 0 fully saturated rings. The Bertz CT molecular complexity index is 380. The predicted molar refractivity (Wildman–Crippen MR) is 70.5 cm³/mol. The lowest BCUT2D eigenvalue weighted by Crippen LogP contribution is -2.39. The first-order valence-electron chi connectivity index (χ1n) is 4.72. The summed E-state index contributed by atoms with van der Waals surface area (Å²) in [4.78, 5) is 13.1. The molecule has 1 aromatic carbocycles. The standard InChI is InChI=1S/C11H15ClN2O.ClH/c1-7-4-5-9(6-10(7)12)14(3)11(15)8(2)13;/h4-6,8H,13H2,1-3H3;1H/t8-;/m0./s1. The Morgan fingerprint density at radius 2 is 2.06 bits per heavy atom. The third kappa shape index (κ3) is 3.37. The molecule has 0 saturated heterocycles. The van der Waals surface area contributed by atoms with Gasteiger partial charge in [-0.25, -0.2) is 0 Å². The number of carbonyl (C=O) groups is 1. The number of hydrogen-bond acceptors (Lipinski definition) is 2. The number of nitrogens with two attached hydrogens (primary N) is 1. The molecule has 90 valence electrons. The van der Waals surface area contributed by atoms with Gasteiger partial charge in [0.15, 0.2) is 0 Å². The highest BCUT2D eigenvalue weighted by atomic mass is 35.5. The van der Waals surface area contributed by atoms with Crippen molar-refractivity contribution in [2.75, 3.05) is 11.9 Å². The van der Waals surface area contributed by atoms with E-state index < -0.39 is 6.04 Å². The number of aryl methyl sites for hydroxylation is 1. The highest BCUT2D eigenvalue weighted by Crippen LogP contribution is 2.22. The van der Waals surface area contributed by atoms with Crippen LogP contribution in [-0.4, -0.2) is 19.0 Å². The molecular weight excluding hydrogens is 247 g/mol. The van der Waals surface area contributed by atoms with Crippen LogP contribution < -0.4 is 10.6 Å². The van der Waals surface area contributed by atoms with Gasteiger partial charge in [-0.05, 0) is 31.5 Å². The van der Waals surface area contributed by atoms with Gasteiger partial charge in [0.1, 0.15) is 0 Å². The molecule has 1 amide bonds. The van der Waals surface area contributed by atoms with Gasteiger partial charge in [-0.15, -0.1) is 12.4 Å². The largest absolute Gasteiger partial charge is 0.320 e. The Morgan fingerprint density at radius 1 is 1.50 bits per heavy atom. The number of amides is 1. The first-order chi connectivity index (χ1) is 6.93. The van der Waals surface area contributed by atoms with E-state index in [1.165, 1.54) is 4.90 Å². The fourth-order valence-corrected chi connectivity index (χ4v) is 1.40. The van der Waals surface area contributed by atoms with Crippen LogP contribution in [0.4, 0.5) is 5.69 Å². The Hall–Kier alpha value is -0.770. The molecule has 1 atom stereocenters. The van der Waals surface area contributed by atoms with Crippen LogP contribution in [0.15, 0.2) is 18.2 Å². The normalized spacial score (nSPS) is 11.6. The minimum Gasteiger partial charge on any atom is -0.320 e. The highest BCUT2D eigenvalue weighted by molar-refractivity contribution is 6.31. The molecule has 0 spiro atoms. The van der Waals surface area contributed by atoms with Crippen molar-refractivity contribution in [1.29, 1.82) is 0 Å². The monoisotopic (exact) mass is 262 g/mol. The number of rotatable bonds is 2. The average molecular weight is 263 g/mol. The van der Waals surface area contributed by atoms with Crippen LogP contribution in [-0.2, 0) is 4.79 Å². The van der Waals surface area contributed by atoms with E-state index in [4.69, 9.17) is 17.3 Å². The van der Waals surface area contributed by atoms with Crippen LogP contribution in [0.3, 0.4) is 0 Å². The van der Waals surface area contributed by atoms with Gasteiger partial charge in [0, 0.05) is 17.8 Å². The fraction of sp³-hybridized carbons (Fsp3) is 0.364. The van der Waals surface area contributed by atoms with Crippen LogP contribution in [0, 0.1) is 6.92 Å². The molecule has 2 N–H and O–H groups in total. The van der Waals surface area contributed by atoms with Crippen LogP contribution in [0.1, 0.15) is 12.5 Å². The molecule has 0 heterocycles. The maximum atomic E-state index is 11.6. The van der Waals surface area contributed by atoms with Crippen molar-refractivity contribution in [2.45, 2.75) is 19.9 Å². The van der Waals surface area contributed by atoms with Crippen LogP contribution in [0.25, 0.3) is 0 Å². The molecular formula is C11H16Cl2N2O. The highest BCUT2D eigenvalue weighted by Gasteiger charge is 2.15. The molecule has 0 aliphatic carbocycles. The van der Waals surface area contributed by atoms with E-state index in [2.05, 4.69) is 0 Å². The van der Waals surface area contributed by atoms with E-state index >= 15 is 0 Å². The van der Waals surface area contributed by atoms with E-state index in [9.17, 15) is 4.79 Å². The average Bonchev–Trinajstić information content (AvgIpc) is 2.19. The summed E-state index contributed by atoms with van der Waals surface area (Å²) in [6, 6.07) is 4.98. The lowest BCUT2D eigenvalue weighted by molar-refractivity contribution is -0.119. The molecule has 1 rings (SSSR count). The number of nitrogens with zero attached hydrogens (tertiary/aromatic N) is 1. The lowest BCUT2D eigenvalue weighted by Gasteiger charge is -2.19. The number of halogens is 2. The summed E-state index contributed by atoms with van der Waals surface area (Å²) in [6.45, 7) is 3.58. The maximum absolute atomic E-state index is 11.6. The first-order valence-corrected chi connectivity index (χ1v) is 5.10. The Morgan fingerprint density at radius 3 is 2.50 bits per heavy atom. The minimum absolute atomic E-state index is 0. The van der Waals surface area contributed by atoms with E-state index in [0.717, 1.165) is 11.3 Å². The van der Waals surface area contributed by atoms with Gasteiger partial charge in [-0.3, -0.25) is 4.79 Å². The first kappa shape index (κ1) is 15.2. The Kier molecular flexibility index (Phi) is 5.79. The van der Waals surface area contributed by atoms with Gasteiger partial charge >= 0.3 is 0 Å². The minimum atomic E-state index is -0.505. The topological polar surface area (TPSA) is 46.3 Å². The van der Waals surface area contributed by atoms with Gasteiger partial charge in [-0.1, -0.05) is 17.7 Å². The molecule has 0 unspecified atom stereocenters. The summed E-state index contributed by atoms with van der Waals surface area (Å²) in [6.07, 6.45) is 0. The van der Waals surface area contributed by atoms with Crippen molar-refractivity contribution in [1.82, 2.24) is 0 Å². The summed E-state index contributed by atoms with van der Waals surface area (Å²) >= 11 is 5.97. The number of hydrogen-bond donors (Lipinski definition) is 1. The third-order valence-corrected chi connectivity index (χ3v) is 2.67. The number of likely N-dealkylation sites (N-methyl/N-ethyl adjacent to an activating group) is 1. The second kappa shape index (κ2) is 6.09. The maximum Gasteiger partial charge on any atom is 0.243 e. The lowest BCUT2D eigenvalue weighted by atomic mass is 10.2. The molecule has 0 saturated carbocycles. The van der Waals surface area contributed by atoms with E-state index in [1.807, 2.05) is 19.1 Å². The second-order valence-corrected chi connectivity index (χ2v) is 4.03. The summed E-state index contributed by atoms with van der Waals surface area (Å²) in [5, 5.41) is 0.650. The molecule has 0 radical (unpaired) electrons. The SMILES string of the molecule is Cc1ccc(N(C)C(=O)[C@H](C)N)cc1Cl.Cl. The zero-order valence-electron chi connectivity index (χ0n) is 9.53. The third-order valence-electron chi connectivity index (χ3n) is 2.26. The number of benzene rings is 1.